The molecule has 130 valence electrons. The van der Waals surface area contributed by atoms with Crippen molar-refractivity contribution >= 4 is 11.1 Å². The summed E-state index contributed by atoms with van der Waals surface area (Å²) in [6.45, 7) is 2.75. The van der Waals surface area contributed by atoms with Gasteiger partial charge in [0.1, 0.15) is 5.75 Å². The fourth-order valence-corrected chi connectivity index (χ4v) is 3.74. The van der Waals surface area contributed by atoms with E-state index in [1.165, 1.54) is 5.56 Å². The molecule has 0 saturated carbocycles. The van der Waals surface area contributed by atoms with Crippen LogP contribution in [0.25, 0.3) is 11.1 Å². The van der Waals surface area contributed by atoms with Crippen LogP contribution in [0.3, 0.4) is 0 Å². The van der Waals surface area contributed by atoms with E-state index >= 15 is 0 Å². The van der Waals surface area contributed by atoms with Crippen LogP contribution in [-0.2, 0) is 6.54 Å². The number of hydrogen-bond acceptors (Lipinski definition) is 4. The van der Waals surface area contributed by atoms with Crippen LogP contribution in [0.4, 0.5) is 0 Å². The molecule has 0 spiro atoms. The van der Waals surface area contributed by atoms with E-state index in [4.69, 9.17) is 9.15 Å². The Morgan fingerprint density at radius 1 is 1.20 bits per heavy atom. The highest BCUT2D eigenvalue weighted by Gasteiger charge is 2.25. The Hall–Kier alpha value is -2.53. The van der Waals surface area contributed by atoms with Gasteiger partial charge in [-0.1, -0.05) is 24.3 Å². The van der Waals surface area contributed by atoms with Crippen LogP contribution < -0.4 is 10.5 Å². The van der Waals surface area contributed by atoms with Crippen molar-refractivity contribution in [3.8, 4) is 5.75 Å². The Morgan fingerprint density at radius 3 is 2.96 bits per heavy atom. The molecule has 3 aromatic rings. The molecule has 4 rings (SSSR count). The first-order valence-corrected chi connectivity index (χ1v) is 8.70. The minimum absolute atomic E-state index is 0.149. The predicted molar refractivity (Wildman–Crippen MR) is 97.0 cm³/mol. The Kier molecular flexibility index (Phi) is 4.32. The summed E-state index contributed by atoms with van der Waals surface area (Å²) in [4.78, 5) is 14.7. The van der Waals surface area contributed by atoms with Gasteiger partial charge < -0.3 is 9.15 Å². The topological polar surface area (TPSA) is 47.6 Å². The van der Waals surface area contributed by atoms with Crippen LogP contribution in [0.15, 0.2) is 57.7 Å². The minimum atomic E-state index is -0.255. The van der Waals surface area contributed by atoms with Gasteiger partial charge in [-0.25, -0.2) is 4.79 Å². The quantitative estimate of drug-likeness (QED) is 0.731. The van der Waals surface area contributed by atoms with Gasteiger partial charge in [0.05, 0.1) is 18.7 Å². The molecule has 0 radical (unpaired) electrons. The number of benzene rings is 2. The summed E-state index contributed by atoms with van der Waals surface area (Å²) in [7, 11) is 1.69. The van der Waals surface area contributed by atoms with Gasteiger partial charge in [-0.2, -0.15) is 0 Å². The van der Waals surface area contributed by atoms with E-state index < -0.39 is 0 Å². The van der Waals surface area contributed by atoms with Gasteiger partial charge in [0.2, 0.25) is 0 Å². The van der Waals surface area contributed by atoms with E-state index in [1.54, 1.807) is 7.11 Å². The van der Waals surface area contributed by atoms with Crippen molar-refractivity contribution in [1.82, 2.24) is 9.47 Å². The maximum atomic E-state index is 12.3. The van der Waals surface area contributed by atoms with Crippen molar-refractivity contribution in [3.63, 3.8) is 0 Å². The molecule has 2 aromatic carbocycles. The van der Waals surface area contributed by atoms with E-state index in [1.807, 2.05) is 41.0 Å². The van der Waals surface area contributed by atoms with Gasteiger partial charge in [-0.05, 0) is 49.2 Å². The Labute approximate surface area is 146 Å². The first-order chi connectivity index (χ1) is 12.2. The number of likely N-dealkylation sites (tertiary alicyclic amines) is 1. The summed E-state index contributed by atoms with van der Waals surface area (Å²) < 4.78 is 12.5. The predicted octanol–water partition coefficient (Wildman–Crippen LogP) is 3.44. The molecule has 5 nitrogen and oxygen atoms in total. The number of piperidine rings is 1. The lowest BCUT2D eigenvalue weighted by molar-refractivity contribution is 0.167. The number of oxazole rings is 1. The summed E-state index contributed by atoms with van der Waals surface area (Å²) in [5.41, 5.74) is 2.78. The number of methoxy groups -OCH3 is 1. The fraction of sp³-hybridized carbons (Fsp3) is 0.350. The van der Waals surface area contributed by atoms with Crippen molar-refractivity contribution in [2.24, 2.45) is 0 Å². The van der Waals surface area contributed by atoms with E-state index in [2.05, 4.69) is 17.0 Å². The van der Waals surface area contributed by atoms with Crippen LogP contribution in [0.5, 0.6) is 5.75 Å². The molecular formula is C20H22N2O3. The normalized spacial score (nSPS) is 18.5. The first kappa shape index (κ1) is 16.0. The largest absolute Gasteiger partial charge is 0.497 e. The SMILES string of the molecule is COc1cccc(CN2CCC[C@@H](n3c(=O)oc4ccccc43)C2)c1. The maximum Gasteiger partial charge on any atom is 0.420 e. The van der Waals surface area contributed by atoms with Crippen LogP contribution in [-0.4, -0.2) is 29.7 Å². The Morgan fingerprint density at radius 2 is 2.08 bits per heavy atom. The monoisotopic (exact) mass is 338 g/mol. The van der Waals surface area contributed by atoms with Crippen molar-refractivity contribution < 1.29 is 9.15 Å². The summed E-state index contributed by atoms with van der Waals surface area (Å²) >= 11 is 0. The molecule has 0 aliphatic carbocycles. The van der Waals surface area contributed by atoms with Gasteiger partial charge in [0.15, 0.2) is 5.58 Å². The molecule has 25 heavy (non-hydrogen) atoms. The smallest absolute Gasteiger partial charge is 0.420 e. The molecule has 1 atom stereocenters. The number of ether oxygens (including phenoxy) is 1. The van der Waals surface area contributed by atoms with Crippen molar-refractivity contribution in [3.05, 3.63) is 64.6 Å². The van der Waals surface area contributed by atoms with Crippen molar-refractivity contribution in [2.45, 2.75) is 25.4 Å². The maximum absolute atomic E-state index is 12.3. The second-order valence-corrected chi connectivity index (χ2v) is 6.59. The third-order valence-corrected chi connectivity index (χ3v) is 4.90. The number of nitrogens with zero attached hydrogens (tertiary/aromatic N) is 2. The molecule has 0 bridgehead atoms. The highest BCUT2D eigenvalue weighted by molar-refractivity contribution is 5.72. The number of para-hydroxylation sites is 2. The minimum Gasteiger partial charge on any atom is -0.497 e. The van der Waals surface area contributed by atoms with Gasteiger partial charge in [-0.3, -0.25) is 9.47 Å². The molecule has 1 aromatic heterocycles. The highest BCUT2D eigenvalue weighted by atomic mass is 16.5. The summed E-state index contributed by atoms with van der Waals surface area (Å²) in [5, 5.41) is 0. The zero-order valence-corrected chi connectivity index (χ0v) is 14.4. The first-order valence-electron chi connectivity index (χ1n) is 8.70. The third-order valence-electron chi connectivity index (χ3n) is 4.90. The van der Waals surface area contributed by atoms with Gasteiger partial charge >= 0.3 is 5.76 Å². The summed E-state index contributed by atoms with van der Waals surface area (Å²) in [6, 6.07) is 16.0. The molecule has 5 heteroatoms. The molecule has 1 saturated heterocycles. The number of hydrogen-bond donors (Lipinski definition) is 0. The van der Waals surface area contributed by atoms with Crippen LogP contribution in [0, 0.1) is 0 Å². The molecule has 1 fully saturated rings. The molecule has 0 N–H and O–H groups in total. The standard InChI is InChI=1S/C20H22N2O3/c1-24-17-8-4-6-15(12-17)13-21-11-5-7-16(14-21)22-18-9-2-3-10-19(18)25-20(22)23/h2-4,6,8-10,12,16H,5,7,11,13-14H2,1H3/t16-/m1/s1. The molecule has 1 aliphatic rings. The van der Waals surface area contributed by atoms with Crippen LogP contribution in [0.1, 0.15) is 24.4 Å². The molecule has 0 amide bonds. The number of aromatic nitrogens is 1. The zero-order chi connectivity index (χ0) is 17.2. The van der Waals surface area contributed by atoms with E-state index in [-0.39, 0.29) is 11.8 Å². The summed E-state index contributed by atoms with van der Waals surface area (Å²) in [5.74, 6) is 0.623. The average Bonchev–Trinajstić information content (AvgIpc) is 2.98. The molecule has 0 unspecified atom stereocenters. The molecule has 1 aliphatic heterocycles. The fourth-order valence-electron chi connectivity index (χ4n) is 3.74. The summed E-state index contributed by atoms with van der Waals surface area (Å²) in [6.07, 6.45) is 2.07. The van der Waals surface area contributed by atoms with Gasteiger partial charge in [0.25, 0.3) is 0 Å². The zero-order valence-electron chi connectivity index (χ0n) is 14.4. The second kappa shape index (κ2) is 6.76. The lowest BCUT2D eigenvalue weighted by Gasteiger charge is -2.33. The third kappa shape index (κ3) is 3.20. The van der Waals surface area contributed by atoms with Crippen molar-refractivity contribution in [1.29, 1.82) is 0 Å². The Bertz CT molecular complexity index is 928. The lowest BCUT2D eigenvalue weighted by Crippen LogP contribution is -2.38. The van der Waals surface area contributed by atoms with Gasteiger partial charge in [-0.15, -0.1) is 0 Å². The van der Waals surface area contributed by atoms with E-state index in [9.17, 15) is 4.79 Å². The molecular weight excluding hydrogens is 316 g/mol. The van der Waals surface area contributed by atoms with Crippen LogP contribution in [0.2, 0.25) is 0 Å². The number of fused-ring (bicyclic) bond motifs is 1. The Balaban J connectivity index is 1.56. The molecule has 2 heterocycles. The number of rotatable bonds is 4. The lowest BCUT2D eigenvalue weighted by atomic mass is 10.0. The van der Waals surface area contributed by atoms with Gasteiger partial charge in [0, 0.05) is 13.1 Å². The van der Waals surface area contributed by atoms with Crippen molar-refractivity contribution in [2.75, 3.05) is 20.2 Å². The average molecular weight is 338 g/mol. The second-order valence-electron chi connectivity index (χ2n) is 6.59. The van der Waals surface area contributed by atoms with E-state index in [0.717, 1.165) is 43.7 Å². The van der Waals surface area contributed by atoms with Crippen LogP contribution >= 0.6 is 0 Å². The van der Waals surface area contributed by atoms with E-state index in [0.29, 0.717) is 5.58 Å². The highest BCUT2D eigenvalue weighted by Crippen LogP contribution is 2.26.